The van der Waals surface area contributed by atoms with E-state index in [0.29, 0.717) is 12.5 Å². The summed E-state index contributed by atoms with van der Waals surface area (Å²) in [4.78, 5) is 0. The molecule has 1 N–H and O–H groups in total. The van der Waals surface area contributed by atoms with Gasteiger partial charge in [0.05, 0.1) is 6.07 Å². The molecule has 1 atom stereocenters. The Balaban J connectivity index is 2.19. The molecule has 1 unspecified atom stereocenters. The highest BCUT2D eigenvalue weighted by molar-refractivity contribution is 4.83. The molecule has 0 spiro atoms. The largest absolute Gasteiger partial charge is 0.313 e. The van der Waals surface area contributed by atoms with Gasteiger partial charge in [0.1, 0.15) is 0 Å². The highest BCUT2D eigenvalue weighted by Crippen LogP contribution is 2.30. The van der Waals surface area contributed by atoms with Gasteiger partial charge in [-0.3, -0.25) is 0 Å². The lowest BCUT2D eigenvalue weighted by Crippen LogP contribution is -2.41. The maximum atomic E-state index is 8.57. The number of hydrogen-bond acceptors (Lipinski definition) is 2. The molecule has 15 heavy (non-hydrogen) atoms. The number of rotatable bonds is 6. The predicted octanol–water partition coefficient (Wildman–Crippen LogP) is 3.09. The van der Waals surface area contributed by atoms with E-state index in [1.165, 1.54) is 19.3 Å². The Hall–Kier alpha value is -0.550. The average Bonchev–Trinajstić information content (AvgIpc) is 2.09. The first-order chi connectivity index (χ1) is 7.05. The molecule has 0 heterocycles. The Labute approximate surface area is 94.1 Å². The van der Waals surface area contributed by atoms with Gasteiger partial charge in [0.25, 0.3) is 0 Å². The van der Waals surface area contributed by atoms with Crippen LogP contribution in [0.5, 0.6) is 0 Å². The van der Waals surface area contributed by atoms with Crippen LogP contribution in [0.15, 0.2) is 0 Å². The zero-order valence-electron chi connectivity index (χ0n) is 10.3. The SMILES string of the molecule is CC(NCC(C)(C)CCC#N)C1CCC1. The van der Waals surface area contributed by atoms with E-state index in [-0.39, 0.29) is 5.41 Å². The summed E-state index contributed by atoms with van der Waals surface area (Å²) in [6.45, 7) is 7.81. The molecule has 0 bridgehead atoms. The molecule has 1 rings (SSSR count). The van der Waals surface area contributed by atoms with E-state index in [4.69, 9.17) is 5.26 Å². The summed E-state index contributed by atoms with van der Waals surface area (Å²) in [6, 6.07) is 2.88. The normalized spacial score (nSPS) is 19.3. The Kier molecular flexibility index (Phi) is 4.60. The molecule has 1 fully saturated rings. The van der Waals surface area contributed by atoms with Crippen LogP contribution in [0.2, 0.25) is 0 Å². The van der Waals surface area contributed by atoms with E-state index in [9.17, 15) is 0 Å². The van der Waals surface area contributed by atoms with Crippen molar-refractivity contribution in [3.05, 3.63) is 0 Å². The standard InChI is InChI=1S/C13H24N2/c1-11(12-6-4-7-12)15-10-13(2,3)8-5-9-14/h11-12,15H,4-8,10H2,1-3H3. The molecule has 86 valence electrons. The second-order valence-corrected chi connectivity index (χ2v) is 5.68. The summed E-state index contributed by atoms with van der Waals surface area (Å²) in [5.74, 6) is 0.900. The van der Waals surface area contributed by atoms with Crippen LogP contribution >= 0.6 is 0 Å². The summed E-state index contributed by atoms with van der Waals surface area (Å²) >= 11 is 0. The fourth-order valence-electron chi connectivity index (χ4n) is 2.03. The summed E-state index contributed by atoms with van der Waals surface area (Å²) in [7, 11) is 0. The second-order valence-electron chi connectivity index (χ2n) is 5.68. The molecule has 2 nitrogen and oxygen atoms in total. The number of nitrogens with zero attached hydrogens (tertiary/aromatic N) is 1. The first-order valence-electron chi connectivity index (χ1n) is 6.15. The minimum absolute atomic E-state index is 0.258. The zero-order chi connectivity index (χ0) is 11.3. The lowest BCUT2D eigenvalue weighted by Gasteiger charge is -2.34. The molecule has 0 amide bonds. The van der Waals surface area contributed by atoms with Gasteiger partial charge < -0.3 is 5.32 Å². The van der Waals surface area contributed by atoms with E-state index in [1.807, 2.05) is 0 Å². The van der Waals surface area contributed by atoms with Crippen LogP contribution < -0.4 is 5.32 Å². The monoisotopic (exact) mass is 208 g/mol. The summed E-state index contributed by atoms with van der Waals surface area (Å²) < 4.78 is 0. The minimum Gasteiger partial charge on any atom is -0.313 e. The van der Waals surface area contributed by atoms with Gasteiger partial charge >= 0.3 is 0 Å². The van der Waals surface area contributed by atoms with Crippen molar-refractivity contribution in [3.8, 4) is 6.07 Å². The van der Waals surface area contributed by atoms with Crippen LogP contribution in [0.3, 0.4) is 0 Å². The van der Waals surface area contributed by atoms with Gasteiger partial charge in [-0.05, 0) is 37.5 Å². The molecular weight excluding hydrogens is 184 g/mol. The van der Waals surface area contributed by atoms with Crippen molar-refractivity contribution < 1.29 is 0 Å². The van der Waals surface area contributed by atoms with Crippen molar-refractivity contribution in [2.45, 2.75) is 58.9 Å². The van der Waals surface area contributed by atoms with Crippen LogP contribution in [-0.4, -0.2) is 12.6 Å². The fraction of sp³-hybridized carbons (Fsp3) is 0.923. The van der Waals surface area contributed by atoms with Crippen molar-refractivity contribution in [2.24, 2.45) is 11.3 Å². The maximum Gasteiger partial charge on any atom is 0.0621 e. The third-order valence-electron chi connectivity index (χ3n) is 3.67. The van der Waals surface area contributed by atoms with Crippen molar-refractivity contribution in [2.75, 3.05) is 6.54 Å². The number of nitrogens with one attached hydrogen (secondary N) is 1. The molecule has 0 aromatic rings. The first-order valence-corrected chi connectivity index (χ1v) is 6.15. The van der Waals surface area contributed by atoms with E-state index in [2.05, 4.69) is 32.2 Å². The smallest absolute Gasteiger partial charge is 0.0621 e. The third-order valence-corrected chi connectivity index (χ3v) is 3.67. The molecule has 2 heteroatoms. The third kappa shape index (κ3) is 4.22. The van der Waals surface area contributed by atoms with E-state index in [1.54, 1.807) is 0 Å². The fourth-order valence-corrected chi connectivity index (χ4v) is 2.03. The zero-order valence-corrected chi connectivity index (χ0v) is 10.3. The molecule has 1 aliphatic rings. The topological polar surface area (TPSA) is 35.8 Å². The van der Waals surface area contributed by atoms with Crippen LogP contribution in [0.4, 0.5) is 0 Å². The second kappa shape index (κ2) is 5.51. The summed E-state index contributed by atoms with van der Waals surface area (Å²) in [6.07, 6.45) is 5.87. The van der Waals surface area contributed by atoms with Gasteiger partial charge in [-0.15, -0.1) is 0 Å². The predicted molar refractivity (Wildman–Crippen MR) is 63.4 cm³/mol. The van der Waals surface area contributed by atoms with Gasteiger partial charge in [-0.2, -0.15) is 5.26 Å². The molecule has 0 aliphatic heterocycles. The number of nitriles is 1. The van der Waals surface area contributed by atoms with Gasteiger partial charge in [0.2, 0.25) is 0 Å². The molecule has 0 aromatic carbocycles. The summed E-state index contributed by atoms with van der Waals surface area (Å²) in [5, 5.41) is 12.2. The van der Waals surface area contributed by atoms with Crippen molar-refractivity contribution in [3.63, 3.8) is 0 Å². The van der Waals surface area contributed by atoms with Gasteiger partial charge in [-0.1, -0.05) is 20.3 Å². The van der Waals surface area contributed by atoms with Crippen LogP contribution in [0.1, 0.15) is 52.9 Å². The lowest BCUT2D eigenvalue weighted by atomic mass is 9.79. The summed E-state index contributed by atoms with van der Waals surface area (Å²) in [5.41, 5.74) is 0.258. The highest BCUT2D eigenvalue weighted by atomic mass is 14.9. The van der Waals surface area contributed by atoms with Gasteiger partial charge in [0, 0.05) is 19.0 Å². The Morgan fingerprint density at radius 3 is 2.60 bits per heavy atom. The van der Waals surface area contributed by atoms with Crippen LogP contribution in [0, 0.1) is 22.7 Å². The maximum absolute atomic E-state index is 8.57. The minimum atomic E-state index is 0.258. The molecule has 0 saturated heterocycles. The van der Waals surface area contributed by atoms with Crippen LogP contribution in [-0.2, 0) is 0 Å². The Morgan fingerprint density at radius 2 is 2.13 bits per heavy atom. The molecule has 0 aromatic heterocycles. The van der Waals surface area contributed by atoms with Gasteiger partial charge in [-0.25, -0.2) is 0 Å². The first kappa shape index (κ1) is 12.5. The van der Waals surface area contributed by atoms with E-state index >= 15 is 0 Å². The van der Waals surface area contributed by atoms with E-state index in [0.717, 1.165) is 18.9 Å². The molecule has 1 saturated carbocycles. The van der Waals surface area contributed by atoms with E-state index < -0.39 is 0 Å². The van der Waals surface area contributed by atoms with Crippen molar-refractivity contribution in [1.29, 1.82) is 5.26 Å². The lowest BCUT2D eigenvalue weighted by molar-refractivity contribution is 0.213. The van der Waals surface area contributed by atoms with Gasteiger partial charge in [0.15, 0.2) is 0 Å². The van der Waals surface area contributed by atoms with Crippen LogP contribution in [0.25, 0.3) is 0 Å². The Bertz CT molecular complexity index is 223. The van der Waals surface area contributed by atoms with Crippen molar-refractivity contribution >= 4 is 0 Å². The Morgan fingerprint density at radius 1 is 1.47 bits per heavy atom. The average molecular weight is 208 g/mol. The molecule has 0 radical (unpaired) electrons. The van der Waals surface area contributed by atoms with Crippen molar-refractivity contribution in [1.82, 2.24) is 5.32 Å². The molecule has 1 aliphatic carbocycles. The number of hydrogen-bond donors (Lipinski definition) is 1. The quantitative estimate of drug-likeness (QED) is 0.728. The highest BCUT2D eigenvalue weighted by Gasteiger charge is 2.25. The molecular formula is C13H24N2.